The van der Waals surface area contributed by atoms with Crippen molar-refractivity contribution < 1.29 is 0 Å². The molecule has 13 heavy (non-hydrogen) atoms. The first kappa shape index (κ1) is 10.5. The van der Waals surface area contributed by atoms with E-state index in [1.54, 1.807) is 0 Å². The van der Waals surface area contributed by atoms with Crippen LogP contribution in [-0.4, -0.2) is 14.1 Å². The molecule has 0 aromatic heterocycles. The Balaban J connectivity index is 3.20. The highest BCUT2D eigenvalue weighted by Crippen LogP contribution is 2.36. The van der Waals surface area contributed by atoms with Crippen LogP contribution in [0.25, 0.3) is 0 Å². The summed E-state index contributed by atoms with van der Waals surface area (Å²) in [5.41, 5.74) is 2.66. The molecule has 1 aromatic carbocycles. The van der Waals surface area contributed by atoms with Crippen molar-refractivity contribution in [3.8, 4) is 0 Å². The predicted molar refractivity (Wildman–Crippen MR) is 63.5 cm³/mol. The van der Waals surface area contributed by atoms with E-state index in [-0.39, 0.29) is 5.16 Å². The number of rotatable bonds is 2. The molecule has 2 heteroatoms. The predicted octanol–water partition coefficient (Wildman–Crippen LogP) is 2.86. The number of anilines is 1. The van der Waals surface area contributed by atoms with Gasteiger partial charge in [0, 0.05) is 24.9 Å². The van der Waals surface area contributed by atoms with Crippen molar-refractivity contribution in [2.24, 2.45) is 0 Å². The van der Waals surface area contributed by atoms with Crippen molar-refractivity contribution in [1.29, 1.82) is 0 Å². The van der Waals surface area contributed by atoms with Gasteiger partial charge in [-0.1, -0.05) is 32.0 Å². The standard InChI is InChI=1S/C11H18NP/c1-11(2,13)9-7-5-6-8-10(9)12(3)4/h5-8H,13H2,1-4H3. The average molecular weight is 195 g/mol. The van der Waals surface area contributed by atoms with Crippen molar-refractivity contribution in [2.45, 2.75) is 19.0 Å². The van der Waals surface area contributed by atoms with Gasteiger partial charge in [0.05, 0.1) is 0 Å². The Kier molecular flexibility index (Phi) is 2.98. The third kappa shape index (κ3) is 2.45. The molecule has 0 N–H and O–H groups in total. The van der Waals surface area contributed by atoms with Crippen LogP contribution in [0.15, 0.2) is 24.3 Å². The minimum atomic E-state index is 0.140. The van der Waals surface area contributed by atoms with Crippen LogP contribution < -0.4 is 4.90 Å². The van der Waals surface area contributed by atoms with Gasteiger partial charge in [-0.05, 0) is 11.6 Å². The molecule has 0 aliphatic heterocycles. The Labute approximate surface area is 83.3 Å². The summed E-state index contributed by atoms with van der Waals surface area (Å²) in [6.07, 6.45) is 0. The molecule has 0 aliphatic carbocycles. The molecule has 0 amide bonds. The lowest BCUT2D eigenvalue weighted by atomic mass is 10.00. The second kappa shape index (κ2) is 3.67. The van der Waals surface area contributed by atoms with E-state index in [0.29, 0.717) is 0 Å². The summed E-state index contributed by atoms with van der Waals surface area (Å²) in [5.74, 6) is 0. The molecule has 0 spiro atoms. The van der Waals surface area contributed by atoms with Crippen LogP contribution in [0.4, 0.5) is 5.69 Å². The molecule has 1 nitrogen and oxygen atoms in total. The van der Waals surface area contributed by atoms with E-state index in [4.69, 9.17) is 0 Å². The molecule has 0 bridgehead atoms. The Morgan fingerprint density at radius 1 is 1.15 bits per heavy atom. The molecule has 0 fully saturated rings. The summed E-state index contributed by atoms with van der Waals surface area (Å²) in [6.45, 7) is 4.42. The Hall–Kier alpha value is -0.550. The van der Waals surface area contributed by atoms with Gasteiger partial charge in [0.2, 0.25) is 0 Å². The zero-order chi connectivity index (χ0) is 10.1. The lowest BCUT2D eigenvalue weighted by molar-refractivity contribution is 0.779. The normalized spacial score (nSPS) is 11.5. The molecule has 1 atom stereocenters. The lowest BCUT2D eigenvalue weighted by Gasteiger charge is -2.26. The third-order valence-electron chi connectivity index (χ3n) is 2.08. The van der Waals surface area contributed by atoms with E-state index in [1.165, 1.54) is 11.3 Å². The van der Waals surface area contributed by atoms with Gasteiger partial charge in [0.15, 0.2) is 0 Å². The quantitative estimate of drug-likeness (QED) is 0.656. The molecule has 0 radical (unpaired) electrons. The van der Waals surface area contributed by atoms with Gasteiger partial charge in [0.25, 0.3) is 0 Å². The topological polar surface area (TPSA) is 3.24 Å². The number of benzene rings is 1. The fraction of sp³-hybridized carbons (Fsp3) is 0.455. The molecule has 0 saturated heterocycles. The maximum absolute atomic E-state index is 2.88. The van der Waals surface area contributed by atoms with Crippen molar-refractivity contribution >= 4 is 14.9 Å². The molecule has 0 heterocycles. The molecular formula is C11H18NP. The summed E-state index contributed by atoms with van der Waals surface area (Å²) in [7, 11) is 7.04. The van der Waals surface area contributed by atoms with E-state index in [9.17, 15) is 0 Å². The SMILES string of the molecule is CN(C)c1ccccc1C(C)(C)P. The number of hydrogen-bond acceptors (Lipinski definition) is 1. The Bertz CT molecular complexity index is 286. The average Bonchev–Trinajstić information content (AvgIpc) is 2.03. The summed E-state index contributed by atoms with van der Waals surface area (Å²) in [4.78, 5) is 2.15. The third-order valence-corrected chi connectivity index (χ3v) is 2.39. The van der Waals surface area contributed by atoms with Crippen molar-refractivity contribution in [2.75, 3.05) is 19.0 Å². The van der Waals surface area contributed by atoms with Crippen LogP contribution in [0.5, 0.6) is 0 Å². The fourth-order valence-corrected chi connectivity index (χ4v) is 1.65. The van der Waals surface area contributed by atoms with Crippen LogP contribution >= 0.6 is 9.24 Å². The zero-order valence-corrected chi connectivity index (χ0v) is 9.99. The van der Waals surface area contributed by atoms with Crippen LogP contribution in [0.2, 0.25) is 0 Å². The smallest absolute Gasteiger partial charge is 0.0402 e. The van der Waals surface area contributed by atoms with Crippen LogP contribution in [0.3, 0.4) is 0 Å². The minimum absolute atomic E-state index is 0.140. The first-order valence-corrected chi connectivity index (χ1v) is 5.06. The van der Waals surface area contributed by atoms with E-state index in [0.717, 1.165) is 0 Å². The zero-order valence-electron chi connectivity index (χ0n) is 8.83. The highest BCUT2D eigenvalue weighted by Gasteiger charge is 2.17. The lowest BCUT2D eigenvalue weighted by Crippen LogP contribution is -2.16. The highest BCUT2D eigenvalue weighted by molar-refractivity contribution is 7.18. The molecular weight excluding hydrogens is 177 g/mol. The molecule has 0 aliphatic rings. The fourth-order valence-electron chi connectivity index (χ4n) is 1.41. The highest BCUT2D eigenvalue weighted by atomic mass is 31.0. The van der Waals surface area contributed by atoms with E-state index in [2.05, 4.69) is 66.3 Å². The number of nitrogens with zero attached hydrogens (tertiary/aromatic N) is 1. The molecule has 1 aromatic rings. The van der Waals surface area contributed by atoms with Gasteiger partial charge in [-0.2, -0.15) is 0 Å². The first-order valence-electron chi connectivity index (χ1n) is 4.48. The van der Waals surface area contributed by atoms with Crippen LogP contribution in [0.1, 0.15) is 19.4 Å². The van der Waals surface area contributed by atoms with Crippen molar-refractivity contribution in [1.82, 2.24) is 0 Å². The second-order valence-corrected chi connectivity index (χ2v) is 5.58. The molecule has 72 valence electrons. The molecule has 1 rings (SSSR count). The van der Waals surface area contributed by atoms with Gasteiger partial charge in [0.1, 0.15) is 0 Å². The van der Waals surface area contributed by atoms with Crippen LogP contribution in [0, 0.1) is 0 Å². The summed E-state index contributed by atoms with van der Waals surface area (Å²) >= 11 is 0. The second-order valence-electron chi connectivity index (χ2n) is 4.13. The van der Waals surface area contributed by atoms with Gasteiger partial charge < -0.3 is 4.90 Å². The summed E-state index contributed by atoms with van der Waals surface area (Å²) in [5, 5.41) is 0.140. The van der Waals surface area contributed by atoms with Crippen LogP contribution in [-0.2, 0) is 5.16 Å². The van der Waals surface area contributed by atoms with Crippen molar-refractivity contribution in [3.05, 3.63) is 29.8 Å². The Morgan fingerprint density at radius 3 is 2.08 bits per heavy atom. The molecule has 1 unspecified atom stereocenters. The number of hydrogen-bond donors (Lipinski definition) is 0. The van der Waals surface area contributed by atoms with E-state index < -0.39 is 0 Å². The number of para-hydroxylation sites is 1. The van der Waals surface area contributed by atoms with Crippen molar-refractivity contribution in [3.63, 3.8) is 0 Å². The minimum Gasteiger partial charge on any atom is -0.377 e. The van der Waals surface area contributed by atoms with Gasteiger partial charge in [-0.3, -0.25) is 0 Å². The van der Waals surface area contributed by atoms with E-state index in [1.807, 2.05) is 0 Å². The largest absolute Gasteiger partial charge is 0.377 e. The van der Waals surface area contributed by atoms with Gasteiger partial charge in [-0.15, -0.1) is 9.24 Å². The van der Waals surface area contributed by atoms with Gasteiger partial charge in [-0.25, -0.2) is 0 Å². The summed E-state index contributed by atoms with van der Waals surface area (Å²) in [6, 6.07) is 8.51. The monoisotopic (exact) mass is 195 g/mol. The molecule has 0 saturated carbocycles. The van der Waals surface area contributed by atoms with E-state index >= 15 is 0 Å². The first-order chi connectivity index (χ1) is 5.93. The maximum Gasteiger partial charge on any atom is 0.0402 e. The maximum atomic E-state index is 2.88. The summed E-state index contributed by atoms with van der Waals surface area (Å²) < 4.78 is 0. The Morgan fingerprint density at radius 2 is 1.69 bits per heavy atom. The van der Waals surface area contributed by atoms with Gasteiger partial charge >= 0.3 is 0 Å².